The summed E-state index contributed by atoms with van der Waals surface area (Å²) >= 11 is 4.52. The smallest absolute Gasteiger partial charge is 0.263 e. The maximum Gasteiger partial charge on any atom is 0.272 e. The molecule has 2 rings (SSSR count). The lowest BCUT2D eigenvalue weighted by molar-refractivity contribution is 0.603. The first-order chi connectivity index (χ1) is 8.51. The maximum atomic E-state index is 12.1. The highest BCUT2D eigenvalue weighted by Crippen LogP contribution is 2.24. The molecule has 96 valence electrons. The van der Waals surface area contributed by atoms with Crippen LogP contribution in [0.5, 0.6) is 0 Å². The molecular formula is C11H11BrN2O2S2. The fraction of sp³-hybridized carbons (Fsp3) is 0.182. The molecule has 0 unspecified atom stereocenters. The molecular weight excluding hydrogens is 336 g/mol. The van der Waals surface area contributed by atoms with Crippen LogP contribution in [0.4, 0.5) is 5.82 Å². The van der Waals surface area contributed by atoms with Crippen LogP contribution < -0.4 is 4.72 Å². The van der Waals surface area contributed by atoms with Gasteiger partial charge in [-0.05, 0) is 46.6 Å². The van der Waals surface area contributed by atoms with E-state index in [2.05, 4.69) is 25.6 Å². The third-order valence-electron chi connectivity index (χ3n) is 2.22. The number of hydrogen-bond donors (Lipinski definition) is 1. The Labute approximate surface area is 118 Å². The summed E-state index contributed by atoms with van der Waals surface area (Å²) in [6, 6.07) is 6.78. The molecule has 4 nitrogen and oxygen atoms in total. The summed E-state index contributed by atoms with van der Waals surface area (Å²) in [7, 11) is -3.52. The molecule has 0 aliphatic rings. The van der Waals surface area contributed by atoms with E-state index in [1.807, 2.05) is 13.0 Å². The number of aryl methyl sites for hydroxylation is 1. The van der Waals surface area contributed by atoms with Gasteiger partial charge in [0.1, 0.15) is 10.0 Å². The average Bonchev–Trinajstić information content (AvgIpc) is 2.81. The van der Waals surface area contributed by atoms with E-state index in [4.69, 9.17) is 0 Å². The molecule has 2 aromatic heterocycles. The minimum atomic E-state index is -3.52. The van der Waals surface area contributed by atoms with E-state index in [1.165, 1.54) is 11.3 Å². The summed E-state index contributed by atoms with van der Waals surface area (Å²) in [6.45, 7) is 1.99. The molecule has 2 aromatic rings. The van der Waals surface area contributed by atoms with Crippen molar-refractivity contribution in [2.24, 2.45) is 0 Å². The van der Waals surface area contributed by atoms with Crippen molar-refractivity contribution >= 4 is 43.1 Å². The summed E-state index contributed by atoms with van der Waals surface area (Å²) in [6.07, 6.45) is 2.38. The molecule has 0 atom stereocenters. The summed E-state index contributed by atoms with van der Waals surface area (Å²) in [5, 5.41) is 0. The summed E-state index contributed by atoms with van der Waals surface area (Å²) < 4.78 is 27.7. The first-order valence-corrected chi connectivity index (χ1v) is 8.33. The molecule has 0 bridgehead atoms. The minimum absolute atomic E-state index is 0.309. The molecule has 0 amide bonds. The lowest BCUT2D eigenvalue weighted by Gasteiger charge is -2.04. The fourth-order valence-corrected chi connectivity index (χ4v) is 3.86. The van der Waals surface area contributed by atoms with E-state index in [0.29, 0.717) is 10.0 Å². The van der Waals surface area contributed by atoms with Gasteiger partial charge in [0.05, 0.1) is 0 Å². The number of rotatable bonds is 4. The third kappa shape index (κ3) is 3.09. The maximum absolute atomic E-state index is 12.1. The van der Waals surface area contributed by atoms with Gasteiger partial charge >= 0.3 is 0 Å². The fourth-order valence-electron chi connectivity index (χ4n) is 1.32. The topological polar surface area (TPSA) is 59.1 Å². The Balaban J connectivity index is 2.24. The number of nitrogens with one attached hydrogen (secondary N) is 1. The summed E-state index contributed by atoms with van der Waals surface area (Å²) in [5.41, 5.74) is 0. The zero-order valence-electron chi connectivity index (χ0n) is 9.55. The van der Waals surface area contributed by atoms with Crippen LogP contribution in [0.15, 0.2) is 39.1 Å². The predicted molar refractivity (Wildman–Crippen MR) is 76.4 cm³/mol. The normalized spacial score (nSPS) is 11.4. The van der Waals surface area contributed by atoms with E-state index in [9.17, 15) is 8.42 Å². The molecule has 0 aliphatic carbocycles. The molecule has 0 saturated carbocycles. The van der Waals surface area contributed by atoms with Crippen molar-refractivity contribution in [1.29, 1.82) is 0 Å². The highest BCUT2D eigenvalue weighted by molar-refractivity contribution is 9.10. The molecule has 1 N–H and O–H groups in total. The number of aromatic nitrogens is 1. The lowest BCUT2D eigenvalue weighted by Crippen LogP contribution is -2.12. The van der Waals surface area contributed by atoms with Crippen LogP contribution in [0, 0.1) is 0 Å². The summed E-state index contributed by atoms with van der Waals surface area (Å²) in [4.78, 5) is 5.02. The van der Waals surface area contributed by atoms with Crippen molar-refractivity contribution in [2.75, 3.05) is 4.72 Å². The largest absolute Gasteiger partial charge is 0.272 e. The molecule has 0 radical (unpaired) electrons. The van der Waals surface area contributed by atoms with Crippen LogP contribution in [0.25, 0.3) is 0 Å². The Hall–Kier alpha value is -0.920. The van der Waals surface area contributed by atoms with Gasteiger partial charge in [0, 0.05) is 15.5 Å². The zero-order chi connectivity index (χ0) is 13.2. The number of thiophene rings is 1. The molecule has 18 heavy (non-hydrogen) atoms. The first-order valence-electron chi connectivity index (χ1n) is 5.24. The standard InChI is InChI=1S/C11H11BrN2O2S2/c1-2-9-4-6-11(17-9)18(15,16)14-10-5-3-8(12)7-13-10/h3-7H,2H2,1H3,(H,13,14). The van der Waals surface area contributed by atoms with Gasteiger partial charge in [0.25, 0.3) is 10.0 Å². The third-order valence-corrected chi connectivity index (χ3v) is 5.76. The van der Waals surface area contributed by atoms with Gasteiger partial charge in [0.15, 0.2) is 0 Å². The van der Waals surface area contributed by atoms with Crippen molar-refractivity contribution in [2.45, 2.75) is 17.6 Å². The summed E-state index contributed by atoms with van der Waals surface area (Å²) in [5.74, 6) is 0.310. The Kier molecular flexibility index (Phi) is 4.04. The van der Waals surface area contributed by atoms with E-state index in [0.717, 1.165) is 15.8 Å². The van der Waals surface area contributed by atoms with Crippen molar-refractivity contribution in [1.82, 2.24) is 4.98 Å². The van der Waals surface area contributed by atoms with Crippen LogP contribution in [0.1, 0.15) is 11.8 Å². The van der Waals surface area contributed by atoms with E-state index < -0.39 is 10.0 Å². The molecule has 2 heterocycles. The van der Waals surface area contributed by atoms with E-state index in [1.54, 1.807) is 24.4 Å². The van der Waals surface area contributed by atoms with Crippen LogP contribution in [0.3, 0.4) is 0 Å². The van der Waals surface area contributed by atoms with Crippen LogP contribution in [-0.2, 0) is 16.4 Å². The van der Waals surface area contributed by atoms with Gasteiger partial charge in [0.2, 0.25) is 0 Å². The molecule has 0 saturated heterocycles. The second-order valence-electron chi connectivity index (χ2n) is 3.54. The number of halogens is 1. The highest BCUT2D eigenvalue weighted by Gasteiger charge is 2.17. The Bertz CT molecular complexity index is 635. The monoisotopic (exact) mass is 346 g/mol. The van der Waals surface area contributed by atoms with Gasteiger partial charge < -0.3 is 0 Å². The quantitative estimate of drug-likeness (QED) is 0.924. The number of sulfonamides is 1. The second kappa shape index (κ2) is 5.38. The van der Waals surface area contributed by atoms with Crippen LogP contribution >= 0.6 is 27.3 Å². The van der Waals surface area contributed by atoms with Crippen molar-refractivity contribution in [3.05, 3.63) is 39.8 Å². The number of anilines is 1. The Morgan fingerprint density at radius 3 is 2.67 bits per heavy atom. The number of hydrogen-bond acceptors (Lipinski definition) is 4. The molecule has 0 aromatic carbocycles. The molecule has 7 heteroatoms. The van der Waals surface area contributed by atoms with Gasteiger partial charge in [-0.25, -0.2) is 13.4 Å². The zero-order valence-corrected chi connectivity index (χ0v) is 12.8. The van der Waals surface area contributed by atoms with Crippen LogP contribution in [0.2, 0.25) is 0 Å². The van der Waals surface area contributed by atoms with Crippen molar-refractivity contribution < 1.29 is 8.42 Å². The van der Waals surface area contributed by atoms with Gasteiger partial charge in [-0.15, -0.1) is 11.3 Å². The van der Waals surface area contributed by atoms with Crippen LogP contribution in [-0.4, -0.2) is 13.4 Å². The number of nitrogens with zero attached hydrogens (tertiary/aromatic N) is 1. The minimum Gasteiger partial charge on any atom is -0.263 e. The molecule has 0 fully saturated rings. The predicted octanol–water partition coefficient (Wildman–Crippen LogP) is 3.27. The molecule has 0 aliphatic heterocycles. The highest BCUT2D eigenvalue weighted by atomic mass is 79.9. The molecule has 0 spiro atoms. The number of pyridine rings is 1. The van der Waals surface area contributed by atoms with Gasteiger partial charge in [-0.1, -0.05) is 6.92 Å². The van der Waals surface area contributed by atoms with Crippen molar-refractivity contribution in [3.63, 3.8) is 0 Å². The van der Waals surface area contributed by atoms with E-state index in [-0.39, 0.29) is 0 Å². The lowest BCUT2D eigenvalue weighted by atomic mass is 10.4. The van der Waals surface area contributed by atoms with E-state index >= 15 is 0 Å². The SMILES string of the molecule is CCc1ccc(S(=O)(=O)Nc2ccc(Br)cn2)s1. The average molecular weight is 347 g/mol. The Morgan fingerprint density at radius 2 is 2.11 bits per heavy atom. The first kappa shape index (κ1) is 13.5. The van der Waals surface area contributed by atoms with Gasteiger partial charge in [-0.2, -0.15) is 0 Å². The Morgan fingerprint density at radius 1 is 1.33 bits per heavy atom. The second-order valence-corrected chi connectivity index (χ2v) is 7.53. The van der Waals surface area contributed by atoms with Gasteiger partial charge in [-0.3, -0.25) is 4.72 Å². The van der Waals surface area contributed by atoms with Crippen molar-refractivity contribution in [3.8, 4) is 0 Å².